The summed E-state index contributed by atoms with van der Waals surface area (Å²) in [4.78, 5) is 4.34. The van der Waals surface area contributed by atoms with Crippen LogP contribution in [0.2, 0.25) is 0 Å². The van der Waals surface area contributed by atoms with E-state index in [0.29, 0.717) is 5.92 Å². The minimum atomic E-state index is 0. The first-order valence-electron chi connectivity index (χ1n) is 10.6. The van der Waals surface area contributed by atoms with Crippen molar-refractivity contribution in [3.05, 3.63) is 60.0 Å². The molecule has 31 heavy (non-hydrogen) atoms. The second kappa shape index (κ2) is 12.5. The molecule has 8 heteroatoms. The van der Waals surface area contributed by atoms with Crippen LogP contribution in [0.3, 0.4) is 0 Å². The Balaban J connectivity index is 0.00000341. The van der Waals surface area contributed by atoms with Gasteiger partial charge in [0.05, 0.1) is 12.6 Å². The third kappa shape index (κ3) is 7.37. The first kappa shape index (κ1) is 24.9. The van der Waals surface area contributed by atoms with Crippen LogP contribution in [0.4, 0.5) is 0 Å². The minimum Gasteiger partial charge on any atom is -0.493 e. The van der Waals surface area contributed by atoms with Crippen LogP contribution in [0.5, 0.6) is 5.75 Å². The number of aromatic nitrogens is 3. The fourth-order valence-corrected chi connectivity index (χ4v) is 3.11. The van der Waals surface area contributed by atoms with Crippen molar-refractivity contribution >= 4 is 35.6 Å². The SMILES string of the molecule is CN=C(NCCCc1nnc2ccccn12)NC(C)c1ccc(OCC(C)C)cc1.I. The van der Waals surface area contributed by atoms with E-state index < -0.39 is 0 Å². The van der Waals surface area contributed by atoms with Gasteiger partial charge in [-0.15, -0.1) is 34.2 Å². The molecule has 1 atom stereocenters. The van der Waals surface area contributed by atoms with Gasteiger partial charge in [-0.05, 0) is 49.1 Å². The first-order valence-corrected chi connectivity index (χ1v) is 10.6. The van der Waals surface area contributed by atoms with E-state index in [4.69, 9.17) is 4.74 Å². The van der Waals surface area contributed by atoms with Gasteiger partial charge in [0, 0.05) is 26.2 Å². The Morgan fingerprint density at radius 3 is 2.58 bits per heavy atom. The fourth-order valence-electron chi connectivity index (χ4n) is 3.11. The molecule has 2 aromatic heterocycles. The summed E-state index contributed by atoms with van der Waals surface area (Å²) >= 11 is 0. The summed E-state index contributed by atoms with van der Waals surface area (Å²) in [7, 11) is 1.79. The highest BCUT2D eigenvalue weighted by molar-refractivity contribution is 14.0. The Kier molecular flexibility index (Phi) is 10.0. The maximum absolute atomic E-state index is 5.76. The number of guanidine groups is 1. The van der Waals surface area contributed by atoms with Gasteiger partial charge in [0.1, 0.15) is 11.6 Å². The van der Waals surface area contributed by atoms with E-state index in [1.165, 1.54) is 5.56 Å². The molecule has 7 nitrogen and oxygen atoms in total. The molecule has 0 saturated heterocycles. The van der Waals surface area contributed by atoms with E-state index in [0.717, 1.165) is 49.2 Å². The number of rotatable bonds is 9. The Morgan fingerprint density at radius 2 is 1.87 bits per heavy atom. The number of hydrogen-bond acceptors (Lipinski definition) is 4. The van der Waals surface area contributed by atoms with Crippen molar-refractivity contribution < 1.29 is 4.74 Å². The van der Waals surface area contributed by atoms with Gasteiger partial charge in [-0.25, -0.2) is 0 Å². The molecule has 3 aromatic rings. The van der Waals surface area contributed by atoms with Crippen molar-refractivity contribution in [1.29, 1.82) is 0 Å². The number of nitrogens with zero attached hydrogens (tertiary/aromatic N) is 4. The number of aryl methyl sites for hydroxylation is 1. The van der Waals surface area contributed by atoms with Crippen LogP contribution in [0.25, 0.3) is 5.65 Å². The predicted octanol–water partition coefficient (Wildman–Crippen LogP) is 4.24. The maximum atomic E-state index is 5.76. The molecule has 1 unspecified atom stereocenters. The fraction of sp³-hybridized carbons (Fsp3) is 0.435. The molecular weight excluding hydrogens is 503 g/mol. The zero-order chi connectivity index (χ0) is 21.3. The highest BCUT2D eigenvalue weighted by Crippen LogP contribution is 2.18. The van der Waals surface area contributed by atoms with Crippen LogP contribution in [-0.2, 0) is 6.42 Å². The van der Waals surface area contributed by atoms with E-state index in [1.54, 1.807) is 7.05 Å². The predicted molar refractivity (Wildman–Crippen MR) is 136 cm³/mol. The van der Waals surface area contributed by atoms with Gasteiger partial charge in [-0.2, -0.15) is 0 Å². The van der Waals surface area contributed by atoms with E-state index in [1.807, 2.05) is 40.9 Å². The first-order chi connectivity index (χ1) is 14.6. The van der Waals surface area contributed by atoms with Gasteiger partial charge in [0.25, 0.3) is 0 Å². The van der Waals surface area contributed by atoms with Gasteiger partial charge in [-0.3, -0.25) is 9.39 Å². The molecule has 0 aliphatic rings. The van der Waals surface area contributed by atoms with Gasteiger partial charge in [-0.1, -0.05) is 32.0 Å². The van der Waals surface area contributed by atoms with Crippen LogP contribution < -0.4 is 15.4 Å². The molecule has 0 fully saturated rings. The van der Waals surface area contributed by atoms with Gasteiger partial charge >= 0.3 is 0 Å². The molecule has 0 spiro atoms. The number of aliphatic imine (C=N–C) groups is 1. The molecule has 0 radical (unpaired) electrons. The lowest BCUT2D eigenvalue weighted by Crippen LogP contribution is -2.39. The van der Waals surface area contributed by atoms with Crippen molar-refractivity contribution in [2.75, 3.05) is 20.2 Å². The number of nitrogens with one attached hydrogen (secondary N) is 2. The van der Waals surface area contributed by atoms with Crippen LogP contribution in [0, 0.1) is 5.92 Å². The topological polar surface area (TPSA) is 75.8 Å². The summed E-state index contributed by atoms with van der Waals surface area (Å²) in [6.07, 6.45) is 3.79. The highest BCUT2D eigenvalue weighted by atomic mass is 127. The Morgan fingerprint density at radius 1 is 1.10 bits per heavy atom. The van der Waals surface area contributed by atoms with Crippen LogP contribution >= 0.6 is 24.0 Å². The molecule has 2 N–H and O–H groups in total. The van der Waals surface area contributed by atoms with E-state index in [-0.39, 0.29) is 30.0 Å². The molecule has 2 heterocycles. The summed E-state index contributed by atoms with van der Waals surface area (Å²) < 4.78 is 7.79. The van der Waals surface area contributed by atoms with E-state index in [2.05, 4.69) is 58.7 Å². The molecule has 0 amide bonds. The van der Waals surface area contributed by atoms with Gasteiger partial charge < -0.3 is 15.4 Å². The average molecular weight is 536 g/mol. The summed E-state index contributed by atoms with van der Waals surface area (Å²) in [6.45, 7) is 7.95. The van der Waals surface area contributed by atoms with Crippen molar-refractivity contribution in [2.24, 2.45) is 10.9 Å². The van der Waals surface area contributed by atoms with E-state index in [9.17, 15) is 0 Å². The zero-order valence-electron chi connectivity index (χ0n) is 18.7. The van der Waals surface area contributed by atoms with E-state index >= 15 is 0 Å². The third-order valence-corrected chi connectivity index (χ3v) is 4.79. The Hall–Kier alpha value is -2.36. The Bertz CT molecular complexity index is 954. The minimum absolute atomic E-state index is 0. The molecule has 168 valence electrons. The summed E-state index contributed by atoms with van der Waals surface area (Å²) in [5.41, 5.74) is 2.07. The van der Waals surface area contributed by atoms with Gasteiger partial charge in [0.2, 0.25) is 0 Å². The maximum Gasteiger partial charge on any atom is 0.191 e. The highest BCUT2D eigenvalue weighted by Gasteiger charge is 2.09. The number of hydrogen-bond donors (Lipinski definition) is 2. The smallest absolute Gasteiger partial charge is 0.191 e. The monoisotopic (exact) mass is 536 g/mol. The lowest BCUT2D eigenvalue weighted by molar-refractivity contribution is 0.271. The number of ether oxygens (including phenoxy) is 1. The molecule has 3 rings (SSSR count). The molecule has 0 bridgehead atoms. The standard InChI is InChI=1S/C23H32N6O.HI/c1-17(2)16-30-20-12-10-19(11-13-20)18(3)26-23(24-4)25-14-7-9-22-28-27-21-8-5-6-15-29(21)22;/h5-6,8,10-13,15,17-18H,7,9,14,16H2,1-4H3,(H2,24,25,26);1H. The molecule has 0 aliphatic heterocycles. The number of halogens is 1. The second-order valence-corrected chi connectivity index (χ2v) is 7.79. The quantitative estimate of drug-likeness (QED) is 0.185. The van der Waals surface area contributed by atoms with Crippen LogP contribution in [0.15, 0.2) is 53.7 Å². The summed E-state index contributed by atoms with van der Waals surface area (Å²) in [5, 5.41) is 15.3. The van der Waals surface area contributed by atoms with Crippen molar-refractivity contribution in [2.45, 2.75) is 39.7 Å². The Labute approximate surface area is 201 Å². The largest absolute Gasteiger partial charge is 0.493 e. The lowest BCUT2D eigenvalue weighted by Gasteiger charge is -2.19. The van der Waals surface area contributed by atoms with Crippen molar-refractivity contribution in [1.82, 2.24) is 25.2 Å². The lowest BCUT2D eigenvalue weighted by atomic mass is 10.1. The van der Waals surface area contributed by atoms with Gasteiger partial charge in [0.15, 0.2) is 11.6 Å². The molecular formula is C23H33IN6O. The van der Waals surface area contributed by atoms with Crippen molar-refractivity contribution in [3.8, 4) is 5.75 Å². The van der Waals surface area contributed by atoms with Crippen molar-refractivity contribution in [3.63, 3.8) is 0 Å². The number of fused-ring (bicyclic) bond motifs is 1. The molecule has 0 saturated carbocycles. The normalized spacial score (nSPS) is 12.5. The van der Waals surface area contributed by atoms with Crippen LogP contribution in [0.1, 0.15) is 44.6 Å². The average Bonchev–Trinajstić information content (AvgIpc) is 3.17. The van der Waals surface area contributed by atoms with Crippen LogP contribution in [-0.4, -0.2) is 40.8 Å². The summed E-state index contributed by atoms with van der Waals surface area (Å²) in [5.74, 6) is 3.18. The number of pyridine rings is 1. The molecule has 1 aromatic carbocycles. The second-order valence-electron chi connectivity index (χ2n) is 7.79. The number of benzene rings is 1. The third-order valence-electron chi connectivity index (χ3n) is 4.79. The summed E-state index contributed by atoms with van der Waals surface area (Å²) in [6, 6.07) is 14.3. The molecule has 0 aliphatic carbocycles. The zero-order valence-corrected chi connectivity index (χ0v) is 21.0.